The molecule has 184 valence electrons. The summed E-state index contributed by atoms with van der Waals surface area (Å²) in [6, 6.07) is 24.5. The van der Waals surface area contributed by atoms with Gasteiger partial charge in [0.25, 0.3) is 11.8 Å². The van der Waals surface area contributed by atoms with Crippen LogP contribution in [0, 0.1) is 11.3 Å². The molecule has 0 saturated carbocycles. The predicted octanol–water partition coefficient (Wildman–Crippen LogP) is 4.21. The highest BCUT2D eigenvalue weighted by atomic mass is 16.2. The Kier molecular flexibility index (Phi) is 4.82. The van der Waals surface area contributed by atoms with Crippen molar-refractivity contribution in [2.45, 2.75) is 24.5 Å². The molecular weight excluding hydrogens is 478 g/mol. The number of hydrogen-bond donors (Lipinski definition) is 0. The molecule has 1 aromatic heterocycles. The number of piperazine rings is 1. The van der Waals surface area contributed by atoms with Crippen molar-refractivity contribution >= 4 is 34.4 Å². The second-order valence-corrected chi connectivity index (χ2v) is 9.81. The quantitative estimate of drug-likeness (QED) is 0.394. The van der Waals surface area contributed by atoms with Crippen molar-refractivity contribution in [2.75, 3.05) is 11.4 Å². The maximum absolute atomic E-state index is 13.7. The van der Waals surface area contributed by atoms with Gasteiger partial charge in [-0.1, -0.05) is 42.5 Å². The van der Waals surface area contributed by atoms with Crippen LogP contribution in [0.2, 0.25) is 0 Å². The number of nitriles is 1. The molecule has 3 fully saturated rings. The first kappa shape index (κ1) is 22.2. The lowest BCUT2D eigenvalue weighted by Crippen LogP contribution is -2.54. The summed E-state index contributed by atoms with van der Waals surface area (Å²) in [5.41, 5.74) is 3.88. The van der Waals surface area contributed by atoms with Crippen LogP contribution in [0.25, 0.3) is 22.0 Å². The summed E-state index contributed by atoms with van der Waals surface area (Å²) < 4.78 is 0. The number of benzene rings is 3. The Bertz CT molecular complexity index is 1680. The van der Waals surface area contributed by atoms with Crippen LogP contribution in [0.5, 0.6) is 0 Å². The normalized spacial score (nSPS) is 21.8. The van der Waals surface area contributed by atoms with Gasteiger partial charge in [-0.25, -0.2) is 9.69 Å². The van der Waals surface area contributed by atoms with E-state index < -0.39 is 6.04 Å². The lowest BCUT2D eigenvalue weighted by molar-refractivity contribution is -0.121. The summed E-state index contributed by atoms with van der Waals surface area (Å²) in [5.74, 6) is -0.488. The zero-order chi connectivity index (χ0) is 26.0. The number of carbonyl (C=O) groups is 3. The van der Waals surface area contributed by atoms with Crippen LogP contribution in [0.1, 0.15) is 22.3 Å². The Balaban J connectivity index is 1.18. The average Bonchev–Trinajstić information content (AvgIpc) is 3.64. The fraction of sp³-hybridized carbons (Fsp3) is 0.167. The summed E-state index contributed by atoms with van der Waals surface area (Å²) in [7, 11) is 0. The molecule has 2 bridgehead atoms. The summed E-state index contributed by atoms with van der Waals surface area (Å²) >= 11 is 0. The number of imide groups is 1. The third-order valence-electron chi connectivity index (χ3n) is 7.87. The van der Waals surface area contributed by atoms with Crippen molar-refractivity contribution in [1.29, 1.82) is 5.26 Å². The van der Waals surface area contributed by atoms with Gasteiger partial charge in [0.1, 0.15) is 12.1 Å². The van der Waals surface area contributed by atoms with E-state index >= 15 is 0 Å². The van der Waals surface area contributed by atoms with Crippen LogP contribution in [0.3, 0.4) is 0 Å². The van der Waals surface area contributed by atoms with Gasteiger partial charge in [0.2, 0.25) is 0 Å². The van der Waals surface area contributed by atoms with Crippen LogP contribution in [-0.4, -0.2) is 57.3 Å². The molecule has 2 unspecified atom stereocenters. The zero-order valence-electron chi connectivity index (χ0n) is 20.2. The van der Waals surface area contributed by atoms with E-state index in [2.05, 4.69) is 11.1 Å². The Morgan fingerprint density at radius 2 is 1.68 bits per heavy atom. The first-order valence-corrected chi connectivity index (χ1v) is 12.5. The number of carbonyl (C=O) groups excluding carboxylic acids is 3. The van der Waals surface area contributed by atoms with Gasteiger partial charge >= 0.3 is 6.03 Å². The third-order valence-corrected chi connectivity index (χ3v) is 7.87. The Labute approximate surface area is 218 Å². The van der Waals surface area contributed by atoms with E-state index in [1.165, 1.54) is 4.90 Å². The van der Waals surface area contributed by atoms with Gasteiger partial charge in [0, 0.05) is 23.7 Å². The second-order valence-electron chi connectivity index (χ2n) is 9.81. The molecule has 3 atom stereocenters. The van der Waals surface area contributed by atoms with Gasteiger partial charge in [-0.15, -0.1) is 0 Å². The molecule has 0 N–H and O–H groups in total. The van der Waals surface area contributed by atoms with Crippen LogP contribution < -0.4 is 4.90 Å². The minimum absolute atomic E-state index is 0.136. The number of anilines is 1. The molecule has 0 radical (unpaired) electrons. The minimum Gasteiger partial charge on any atom is -0.331 e. The van der Waals surface area contributed by atoms with Gasteiger partial charge in [-0.2, -0.15) is 5.26 Å². The van der Waals surface area contributed by atoms with E-state index in [1.807, 2.05) is 54.6 Å². The zero-order valence-corrected chi connectivity index (χ0v) is 20.2. The first-order valence-electron chi connectivity index (χ1n) is 12.5. The van der Waals surface area contributed by atoms with Crippen molar-refractivity contribution in [3.8, 4) is 17.2 Å². The molecular formula is C30H21N5O3. The fourth-order valence-corrected chi connectivity index (χ4v) is 6.16. The number of aromatic nitrogens is 1. The largest absolute Gasteiger partial charge is 0.332 e. The topological polar surface area (TPSA) is 97.6 Å². The number of amides is 4. The predicted molar refractivity (Wildman–Crippen MR) is 140 cm³/mol. The van der Waals surface area contributed by atoms with Gasteiger partial charge < -0.3 is 9.80 Å². The van der Waals surface area contributed by atoms with Crippen LogP contribution in [0.4, 0.5) is 10.5 Å². The number of fused-ring (bicyclic) bond motifs is 6. The molecule has 38 heavy (non-hydrogen) atoms. The number of pyridine rings is 1. The van der Waals surface area contributed by atoms with E-state index in [0.717, 1.165) is 11.1 Å². The molecule has 4 heterocycles. The summed E-state index contributed by atoms with van der Waals surface area (Å²) in [4.78, 5) is 49.7. The number of nitrogens with zero attached hydrogens (tertiary/aromatic N) is 5. The highest BCUT2D eigenvalue weighted by molar-refractivity contribution is 6.25. The van der Waals surface area contributed by atoms with Crippen LogP contribution in [-0.2, 0) is 4.79 Å². The lowest BCUT2D eigenvalue weighted by Gasteiger charge is -2.35. The van der Waals surface area contributed by atoms with E-state index in [-0.39, 0.29) is 29.9 Å². The number of hydrogen-bond acceptors (Lipinski definition) is 5. The summed E-state index contributed by atoms with van der Waals surface area (Å²) in [6.45, 7) is 0.392. The van der Waals surface area contributed by atoms with E-state index in [9.17, 15) is 19.6 Å². The van der Waals surface area contributed by atoms with Gasteiger partial charge in [-0.3, -0.25) is 14.6 Å². The molecule has 0 spiro atoms. The summed E-state index contributed by atoms with van der Waals surface area (Å²) in [6.07, 6.45) is 2.16. The Morgan fingerprint density at radius 3 is 2.45 bits per heavy atom. The average molecular weight is 500 g/mol. The molecule has 7 rings (SSSR count). The van der Waals surface area contributed by atoms with E-state index in [1.54, 1.807) is 40.3 Å². The molecule has 3 aromatic carbocycles. The molecule has 0 aliphatic carbocycles. The molecule has 8 nitrogen and oxygen atoms in total. The smallest absolute Gasteiger partial charge is 0.331 e. The minimum atomic E-state index is -0.726. The van der Waals surface area contributed by atoms with Crippen molar-refractivity contribution in [2.24, 2.45) is 0 Å². The fourth-order valence-electron chi connectivity index (χ4n) is 6.16. The summed E-state index contributed by atoms with van der Waals surface area (Å²) in [5, 5.41) is 10.0. The molecule has 3 aliphatic rings. The van der Waals surface area contributed by atoms with Gasteiger partial charge in [-0.05, 0) is 53.9 Å². The number of rotatable bonds is 3. The van der Waals surface area contributed by atoms with Gasteiger partial charge in [0.05, 0.1) is 28.9 Å². The van der Waals surface area contributed by atoms with Crippen LogP contribution in [0.15, 0.2) is 85.1 Å². The van der Waals surface area contributed by atoms with E-state index in [0.29, 0.717) is 40.7 Å². The second kappa shape index (κ2) is 8.25. The molecule has 3 saturated heterocycles. The van der Waals surface area contributed by atoms with Crippen LogP contribution >= 0.6 is 0 Å². The highest BCUT2D eigenvalue weighted by Gasteiger charge is 2.63. The van der Waals surface area contributed by atoms with Crippen molar-refractivity contribution in [3.05, 3.63) is 96.2 Å². The number of likely N-dealkylation sites (tertiary alicyclic amines) is 1. The van der Waals surface area contributed by atoms with Crippen molar-refractivity contribution < 1.29 is 14.4 Å². The molecule has 3 aliphatic heterocycles. The molecule has 8 heteroatoms. The molecule has 4 aromatic rings. The first-order chi connectivity index (χ1) is 18.6. The van der Waals surface area contributed by atoms with Crippen molar-refractivity contribution in [1.82, 2.24) is 14.8 Å². The lowest BCUT2D eigenvalue weighted by atomic mass is 10.0. The highest BCUT2D eigenvalue weighted by Crippen LogP contribution is 2.44. The standard InChI is InChI=1S/C30H21N5O3/c31-16-21-12-13-24(23-7-4-14-32-26(21)23)35-29(37)27-25-15-22(34(27)30(35)38)17-33(25)28(36)20-10-8-19(9-11-20)18-5-2-1-3-6-18/h1-14,22,25,27H,15,17H2/t22?,25?,27-/m1/s1. The molecule has 4 amide bonds. The Morgan fingerprint density at radius 1 is 0.921 bits per heavy atom. The Hall–Kier alpha value is -5.03. The SMILES string of the molecule is N#Cc1ccc(N2C(=O)[C@H]3C4CC(CN4C(=O)c4ccc(-c5ccccc5)cc4)N3C2=O)c2cccnc12. The van der Waals surface area contributed by atoms with Crippen molar-refractivity contribution in [3.63, 3.8) is 0 Å². The maximum Gasteiger partial charge on any atom is 0.332 e. The number of urea groups is 1. The van der Waals surface area contributed by atoms with E-state index in [4.69, 9.17) is 0 Å². The maximum atomic E-state index is 13.7. The monoisotopic (exact) mass is 499 g/mol. The van der Waals surface area contributed by atoms with Gasteiger partial charge in [0.15, 0.2) is 0 Å². The third kappa shape index (κ3) is 3.08.